The van der Waals surface area contributed by atoms with Gasteiger partial charge in [-0.25, -0.2) is 4.98 Å². The number of aryl methyl sites for hydroxylation is 1. The molecule has 0 radical (unpaired) electrons. The fraction of sp³-hybridized carbons (Fsp3) is 0.400. The summed E-state index contributed by atoms with van der Waals surface area (Å²) in [5, 5.41) is 0. The lowest BCUT2D eigenvalue weighted by molar-refractivity contribution is -0.0742. The van der Waals surface area contributed by atoms with Gasteiger partial charge in [-0.1, -0.05) is 0 Å². The Bertz CT molecular complexity index is 341. The number of pyridine rings is 1. The smallest absolute Gasteiger partial charge is 0.222 e. The average Bonchev–Trinajstić information content (AvgIpc) is 2.19. The summed E-state index contributed by atoms with van der Waals surface area (Å²) in [7, 11) is 2.79. The van der Waals surface area contributed by atoms with E-state index in [1.807, 2.05) is 0 Å². The van der Waals surface area contributed by atoms with Gasteiger partial charge in [-0.05, 0) is 18.6 Å². The van der Waals surface area contributed by atoms with E-state index in [9.17, 15) is 4.79 Å². The molecule has 0 saturated heterocycles. The van der Waals surface area contributed by atoms with Crippen LogP contribution in [-0.4, -0.2) is 31.3 Å². The summed E-state index contributed by atoms with van der Waals surface area (Å²) in [6.45, 7) is 1.79. The second-order valence-corrected chi connectivity index (χ2v) is 3.06. The zero-order chi connectivity index (χ0) is 11.4. The number of aromatic nitrogens is 1. The van der Waals surface area contributed by atoms with Crippen LogP contribution in [0.25, 0.3) is 0 Å². The van der Waals surface area contributed by atoms with Gasteiger partial charge in [0, 0.05) is 20.4 Å². The van der Waals surface area contributed by atoms with Gasteiger partial charge >= 0.3 is 0 Å². The maximum atomic E-state index is 11.9. The zero-order valence-electron chi connectivity index (χ0n) is 8.98. The molecule has 0 fully saturated rings. The number of anilines is 1. The molecule has 0 aromatic carbocycles. The molecule has 1 rings (SSSR count). The summed E-state index contributed by atoms with van der Waals surface area (Å²) < 4.78 is 9.74. The quantitative estimate of drug-likeness (QED) is 0.587. The highest BCUT2D eigenvalue weighted by atomic mass is 16.7. The second-order valence-electron chi connectivity index (χ2n) is 3.06. The first kappa shape index (κ1) is 11.6. The fourth-order valence-electron chi connectivity index (χ4n) is 1.33. The fourth-order valence-corrected chi connectivity index (χ4v) is 1.33. The maximum Gasteiger partial charge on any atom is 0.222 e. The van der Waals surface area contributed by atoms with E-state index in [2.05, 4.69) is 4.98 Å². The van der Waals surface area contributed by atoms with Crippen LogP contribution in [0.2, 0.25) is 0 Å². The summed E-state index contributed by atoms with van der Waals surface area (Å²) >= 11 is 0. The highest BCUT2D eigenvalue weighted by Crippen LogP contribution is 2.16. The van der Waals surface area contributed by atoms with Crippen molar-refractivity contribution in [1.82, 2.24) is 4.98 Å². The standard InChI is InChI=1S/C10H14N2O3/c1-6-4-5-12-9(11)7(6)8(13)10(14-2)15-3/h4-5,10H,1-3H3,(H2,11,12). The van der Waals surface area contributed by atoms with Gasteiger partial charge in [0.25, 0.3) is 0 Å². The van der Waals surface area contributed by atoms with Crippen molar-refractivity contribution in [3.8, 4) is 0 Å². The van der Waals surface area contributed by atoms with Crippen molar-refractivity contribution in [2.75, 3.05) is 20.0 Å². The first-order valence-electron chi connectivity index (χ1n) is 4.42. The Morgan fingerprint density at radius 3 is 2.53 bits per heavy atom. The number of nitrogens with two attached hydrogens (primary N) is 1. The molecule has 1 aromatic rings. The van der Waals surface area contributed by atoms with Gasteiger partial charge in [0.15, 0.2) is 0 Å². The van der Waals surface area contributed by atoms with Crippen LogP contribution in [0.3, 0.4) is 0 Å². The summed E-state index contributed by atoms with van der Waals surface area (Å²) in [5.74, 6) is -0.123. The van der Waals surface area contributed by atoms with E-state index in [0.717, 1.165) is 5.56 Å². The predicted molar refractivity (Wildman–Crippen MR) is 55.5 cm³/mol. The van der Waals surface area contributed by atoms with Crippen molar-refractivity contribution >= 4 is 11.6 Å². The van der Waals surface area contributed by atoms with E-state index in [0.29, 0.717) is 5.56 Å². The van der Waals surface area contributed by atoms with Crippen LogP contribution in [0.1, 0.15) is 15.9 Å². The summed E-state index contributed by atoms with van der Waals surface area (Å²) in [4.78, 5) is 15.7. The van der Waals surface area contributed by atoms with Crippen molar-refractivity contribution < 1.29 is 14.3 Å². The largest absolute Gasteiger partial charge is 0.383 e. The number of carbonyl (C=O) groups is 1. The number of Topliss-reactive ketones (excluding diaryl/α,β-unsaturated/α-hetero) is 1. The number of nitrogens with zero attached hydrogens (tertiary/aromatic N) is 1. The third-order valence-corrected chi connectivity index (χ3v) is 2.08. The van der Waals surface area contributed by atoms with Crippen molar-refractivity contribution in [2.45, 2.75) is 13.2 Å². The first-order chi connectivity index (χ1) is 7.11. The van der Waals surface area contributed by atoms with Crippen LogP contribution >= 0.6 is 0 Å². The maximum absolute atomic E-state index is 11.9. The molecule has 5 heteroatoms. The van der Waals surface area contributed by atoms with Gasteiger partial charge in [0.1, 0.15) is 5.82 Å². The van der Waals surface area contributed by atoms with E-state index in [1.54, 1.807) is 19.2 Å². The Hall–Kier alpha value is -1.46. The minimum absolute atomic E-state index is 0.194. The van der Waals surface area contributed by atoms with E-state index in [1.165, 1.54) is 14.2 Å². The molecule has 0 saturated carbocycles. The molecule has 0 bridgehead atoms. The molecule has 2 N–H and O–H groups in total. The molecule has 0 aliphatic heterocycles. The lowest BCUT2D eigenvalue weighted by atomic mass is 10.1. The molecule has 0 unspecified atom stereocenters. The number of rotatable bonds is 4. The normalized spacial score (nSPS) is 10.7. The van der Waals surface area contributed by atoms with Gasteiger partial charge in [0.2, 0.25) is 12.1 Å². The third kappa shape index (κ3) is 2.31. The van der Waals surface area contributed by atoms with Crippen LogP contribution < -0.4 is 5.73 Å². The van der Waals surface area contributed by atoms with Crippen molar-refractivity contribution in [3.05, 3.63) is 23.4 Å². The monoisotopic (exact) mass is 210 g/mol. The summed E-state index contributed by atoms with van der Waals surface area (Å²) in [6.07, 6.45) is 0.617. The van der Waals surface area contributed by atoms with Gasteiger partial charge in [0.05, 0.1) is 5.56 Å². The van der Waals surface area contributed by atoms with E-state index in [-0.39, 0.29) is 11.6 Å². The lowest BCUT2D eigenvalue weighted by Crippen LogP contribution is -2.26. The van der Waals surface area contributed by atoms with Gasteiger partial charge < -0.3 is 15.2 Å². The summed E-state index contributed by atoms with van der Waals surface area (Å²) in [5.41, 5.74) is 6.74. The number of ketones is 1. The number of nitrogen functional groups attached to an aromatic ring is 1. The Balaban J connectivity index is 3.10. The molecule has 5 nitrogen and oxygen atoms in total. The predicted octanol–water partition coefficient (Wildman–Crippen LogP) is 0.774. The first-order valence-corrected chi connectivity index (χ1v) is 4.42. The minimum atomic E-state index is -0.935. The van der Waals surface area contributed by atoms with Crippen LogP contribution in [-0.2, 0) is 9.47 Å². The van der Waals surface area contributed by atoms with Crippen LogP contribution in [0.4, 0.5) is 5.82 Å². The van der Waals surface area contributed by atoms with Crippen molar-refractivity contribution in [3.63, 3.8) is 0 Å². The molecule has 0 spiro atoms. The van der Waals surface area contributed by atoms with Crippen LogP contribution in [0.5, 0.6) is 0 Å². The number of carbonyl (C=O) groups excluding carboxylic acids is 1. The highest BCUT2D eigenvalue weighted by molar-refractivity contribution is 6.03. The molecule has 0 aliphatic rings. The Kier molecular flexibility index (Phi) is 3.76. The minimum Gasteiger partial charge on any atom is -0.383 e. The molecule has 0 aliphatic carbocycles. The van der Waals surface area contributed by atoms with Crippen molar-refractivity contribution in [1.29, 1.82) is 0 Å². The molecular weight excluding hydrogens is 196 g/mol. The Labute approximate surface area is 88.2 Å². The Morgan fingerprint density at radius 2 is 2.07 bits per heavy atom. The van der Waals surface area contributed by atoms with Crippen molar-refractivity contribution in [2.24, 2.45) is 0 Å². The summed E-state index contributed by atoms with van der Waals surface area (Å²) in [6, 6.07) is 1.71. The lowest BCUT2D eigenvalue weighted by Gasteiger charge is -2.14. The van der Waals surface area contributed by atoms with Gasteiger partial charge in [-0.2, -0.15) is 0 Å². The molecular formula is C10H14N2O3. The van der Waals surface area contributed by atoms with Gasteiger partial charge in [-0.15, -0.1) is 0 Å². The molecule has 1 aromatic heterocycles. The molecule has 82 valence electrons. The second kappa shape index (κ2) is 4.86. The number of ether oxygens (including phenoxy) is 2. The zero-order valence-corrected chi connectivity index (χ0v) is 8.98. The number of hydrogen-bond donors (Lipinski definition) is 1. The molecule has 15 heavy (non-hydrogen) atoms. The SMILES string of the molecule is COC(OC)C(=O)c1c(C)ccnc1N. The highest BCUT2D eigenvalue weighted by Gasteiger charge is 2.23. The number of methoxy groups -OCH3 is 2. The van der Waals surface area contributed by atoms with Crippen LogP contribution in [0, 0.1) is 6.92 Å². The number of hydrogen-bond acceptors (Lipinski definition) is 5. The average molecular weight is 210 g/mol. The Morgan fingerprint density at radius 1 is 1.47 bits per heavy atom. The van der Waals surface area contributed by atoms with E-state index < -0.39 is 6.29 Å². The molecule has 0 amide bonds. The molecule has 0 atom stereocenters. The third-order valence-electron chi connectivity index (χ3n) is 2.08. The molecule has 1 heterocycles. The van der Waals surface area contributed by atoms with E-state index in [4.69, 9.17) is 15.2 Å². The van der Waals surface area contributed by atoms with Crippen LogP contribution in [0.15, 0.2) is 12.3 Å². The topological polar surface area (TPSA) is 74.4 Å². The van der Waals surface area contributed by atoms with E-state index >= 15 is 0 Å². The van der Waals surface area contributed by atoms with Gasteiger partial charge in [-0.3, -0.25) is 4.79 Å².